The van der Waals surface area contributed by atoms with Crippen molar-refractivity contribution in [2.24, 2.45) is 5.92 Å². The van der Waals surface area contributed by atoms with Crippen molar-refractivity contribution in [2.45, 2.75) is 18.9 Å². The number of hydrogen-bond donors (Lipinski definition) is 3. The van der Waals surface area contributed by atoms with Crippen LogP contribution in [0.25, 0.3) is 10.9 Å². The Morgan fingerprint density at radius 2 is 1.83 bits per heavy atom. The van der Waals surface area contributed by atoms with E-state index in [1.165, 1.54) is 0 Å². The second-order valence-electron chi connectivity index (χ2n) is 7.55. The summed E-state index contributed by atoms with van der Waals surface area (Å²) in [7, 11) is 0. The van der Waals surface area contributed by atoms with Crippen molar-refractivity contribution in [3.63, 3.8) is 0 Å². The number of rotatable bonds is 6. The van der Waals surface area contributed by atoms with Crippen molar-refractivity contribution < 1.29 is 14.7 Å². The molecule has 6 heteroatoms. The summed E-state index contributed by atoms with van der Waals surface area (Å²) in [4.78, 5) is 30.2. The van der Waals surface area contributed by atoms with Gasteiger partial charge in [-0.1, -0.05) is 36.4 Å². The van der Waals surface area contributed by atoms with E-state index in [0.717, 1.165) is 16.5 Å². The third-order valence-corrected chi connectivity index (χ3v) is 5.66. The van der Waals surface area contributed by atoms with Crippen molar-refractivity contribution in [3.8, 4) is 0 Å². The SMILES string of the molecule is O=C(NC1CN(C(=O)CCc2c[nH]c3ccccc23)CC1CO)c1ccccc1. The molecule has 1 aliphatic heterocycles. The van der Waals surface area contributed by atoms with Crippen LogP contribution in [-0.2, 0) is 11.2 Å². The van der Waals surface area contributed by atoms with Gasteiger partial charge in [0, 0.05) is 54.7 Å². The second-order valence-corrected chi connectivity index (χ2v) is 7.55. The van der Waals surface area contributed by atoms with Gasteiger partial charge >= 0.3 is 0 Å². The minimum Gasteiger partial charge on any atom is -0.396 e. The Hall–Kier alpha value is -3.12. The number of aromatic nitrogens is 1. The first-order valence-electron chi connectivity index (χ1n) is 9.95. The van der Waals surface area contributed by atoms with Gasteiger partial charge in [0.1, 0.15) is 0 Å². The summed E-state index contributed by atoms with van der Waals surface area (Å²) in [5.74, 6) is -0.285. The molecule has 150 valence electrons. The molecule has 4 rings (SSSR count). The van der Waals surface area contributed by atoms with Gasteiger partial charge in [0.15, 0.2) is 0 Å². The maximum absolute atomic E-state index is 12.8. The number of hydrogen-bond acceptors (Lipinski definition) is 3. The number of nitrogens with one attached hydrogen (secondary N) is 2. The third kappa shape index (κ3) is 4.17. The monoisotopic (exact) mass is 391 g/mol. The van der Waals surface area contributed by atoms with Crippen LogP contribution in [0.5, 0.6) is 0 Å². The number of nitrogens with zero attached hydrogens (tertiary/aromatic N) is 1. The second kappa shape index (κ2) is 8.49. The lowest BCUT2D eigenvalue weighted by molar-refractivity contribution is -0.130. The van der Waals surface area contributed by atoms with Crippen LogP contribution >= 0.6 is 0 Å². The van der Waals surface area contributed by atoms with Crippen molar-refractivity contribution in [1.82, 2.24) is 15.2 Å². The van der Waals surface area contributed by atoms with Crippen LogP contribution in [0.3, 0.4) is 0 Å². The van der Waals surface area contributed by atoms with E-state index in [0.29, 0.717) is 31.5 Å². The lowest BCUT2D eigenvalue weighted by atomic mass is 10.0. The van der Waals surface area contributed by atoms with E-state index in [1.807, 2.05) is 42.6 Å². The number of fused-ring (bicyclic) bond motifs is 1. The molecule has 2 aromatic carbocycles. The number of aromatic amines is 1. The van der Waals surface area contributed by atoms with Crippen LogP contribution in [0.15, 0.2) is 60.8 Å². The molecule has 0 saturated carbocycles. The summed E-state index contributed by atoms with van der Waals surface area (Å²) in [6, 6.07) is 16.8. The highest BCUT2D eigenvalue weighted by atomic mass is 16.3. The van der Waals surface area contributed by atoms with Gasteiger partial charge in [-0.15, -0.1) is 0 Å². The number of aliphatic hydroxyl groups is 1. The molecule has 2 heterocycles. The number of aliphatic hydroxyl groups excluding tert-OH is 1. The number of carbonyl (C=O) groups is 2. The zero-order valence-corrected chi connectivity index (χ0v) is 16.2. The lowest BCUT2D eigenvalue weighted by Crippen LogP contribution is -2.41. The third-order valence-electron chi connectivity index (χ3n) is 5.66. The fourth-order valence-electron chi connectivity index (χ4n) is 4.00. The molecule has 0 aliphatic carbocycles. The van der Waals surface area contributed by atoms with E-state index in [1.54, 1.807) is 17.0 Å². The van der Waals surface area contributed by atoms with Crippen LogP contribution in [-0.4, -0.2) is 52.5 Å². The predicted molar refractivity (Wildman–Crippen MR) is 111 cm³/mol. The van der Waals surface area contributed by atoms with Crippen molar-refractivity contribution >= 4 is 22.7 Å². The molecule has 3 N–H and O–H groups in total. The Morgan fingerprint density at radius 3 is 2.62 bits per heavy atom. The predicted octanol–water partition coefficient (Wildman–Crippen LogP) is 2.35. The average Bonchev–Trinajstić information content (AvgIpc) is 3.36. The number of aryl methyl sites for hydroxylation is 1. The first-order chi connectivity index (χ1) is 14.2. The summed E-state index contributed by atoms with van der Waals surface area (Å²) < 4.78 is 0. The molecule has 0 bridgehead atoms. The number of H-pyrrole nitrogens is 1. The number of likely N-dealkylation sites (tertiary alicyclic amines) is 1. The maximum Gasteiger partial charge on any atom is 0.251 e. The van der Waals surface area contributed by atoms with E-state index in [9.17, 15) is 14.7 Å². The van der Waals surface area contributed by atoms with E-state index in [4.69, 9.17) is 0 Å². The van der Waals surface area contributed by atoms with Gasteiger partial charge in [0.25, 0.3) is 5.91 Å². The van der Waals surface area contributed by atoms with Gasteiger partial charge in [0.2, 0.25) is 5.91 Å². The van der Waals surface area contributed by atoms with Crippen molar-refractivity contribution in [1.29, 1.82) is 0 Å². The quantitative estimate of drug-likeness (QED) is 0.603. The van der Waals surface area contributed by atoms with Crippen LogP contribution in [0.2, 0.25) is 0 Å². The molecule has 0 radical (unpaired) electrons. The van der Waals surface area contributed by atoms with Crippen LogP contribution < -0.4 is 5.32 Å². The number of carbonyl (C=O) groups excluding carboxylic acids is 2. The molecule has 3 aromatic rings. The van der Waals surface area contributed by atoms with E-state index >= 15 is 0 Å². The van der Waals surface area contributed by atoms with Crippen molar-refractivity contribution in [3.05, 3.63) is 71.9 Å². The highest BCUT2D eigenvalue weighted by Gasteiger charge is 2.35. The van der Waals surface area contributed by atoms with Gasteiger partial charge in [-0.05, 0) is 30.2 Å². The van der Waals surface area contributed by atoms with Gasteiger partial charge in [-0.3, -0.25) is 9.59 Å². The Labute approximate surface area is 169 Å². The number of amides is 2. The Balaban J connectivity index is 1.36. The smallest absolute Gasteiger partial charge is 0.251 e. The molecule has 0 spiro atoms. The summed E-state index contributed by atoms with van der Waals surface area (Å²) in [5, 5.41) is 13.8. The summed E-state index contributed by atoms with van der Waals surface area (Å²) in [6.45, 7) is 0.825. The van der Waals surface area contributed by atoms with E-state index in [-0.39, 0.29) is 30.4 Å². The number of benzene rings is 2. The molecular formula is C23H25N3O3. The topological polar surface area (TPSA) is 85.4 Å². The Morgan fingerprint density at radius 1 is 1.07 bits per heavy atom. The first-order valence-corrected chi connectivity index (χ1v) is 9.95. The van der Waals surface area contributed by atoms with Crippen molar-refractivity contribution in [2.75, 3.05) is 19.7 Å². The summed E-state index contributed by atoms with van der Waals surface area (Å²) in [6.07, 6.45) is 3.02. The molecule has 2 atom stereocenters. The molecule has 1 saturated heterocycles. The van der Waals surface area contributed by atoms with E-state index in [2.05, 4.69) is 16.4 Å². The van der Waals surface area contributed by atoms with Gasteiger partial charge in [-0.2, -0.15) is 0 Å². The van der Waals surface area contributed by atoms with Crippen LogP contribution in [0, 0.1) is 5.92 Å². The molecule has 1 aromatic heterocycles. The largest absolute Gasteiger partial charge is 0.396 e. The molecule has 29 heavy (non-hydrogen) atoms. The molecular weight excluding hydrogens is 366 g/mol. The number of para-hydroxylation sites is 1. The molecule has 1 aliphatic rings. The molecule has 2 amide bonds. The average molecular weight is 391 g/mol. The normalized spacial score (nSPS) is 18.9. The highest BCUT2D eigenvalue weighted by molar-refractivity contribution is 5.94. The minimum absolute atomic E-state index is 0.0465. The molecule has 2 unspecified atom stereocenters. The zero-order valence-electron chi connectivity index (χ0n) is 16.2. The Kier molecular flexibility index (Phi) is 5.62. The fourth-order valence-corrected chi connectivity index (χ4v) is 4.00. The van der Waals surface area contributed by atoms with Crippen LogP contribution in [0.1, 0.15) is 22.3 Å². The fraction of sp³-hybridized carbons (Fsp3) is 0.304. The lowest BCUT2D eigenvalue weighted by Gasteiger charge is -2.18. The standard InChI is InChI=1S/C23H25N3O3/c27-15-18-13-26(14-21(18)25-23(29)16-6-2-1-3-7-16)22(28)11-10-17-12-24-20-9-5-4-8-19(17)20/h1-9,12,18,21,24,27H,10-11,13-15H2,(H,25,29). The summed E-state index contributed by atoms with van der Waals surface area (Å²) in [5.41, 5.74) is 2.77. The first kappa shape index (κ1) is 19.2. The molecule has 1 fully saturated rings. The van der Waals surface area contributed by atoms with Gasteiger partial charge < -0.3 is 20.3 Å². The van der Waals surface area contributed by atoms with Crippen LogP contribution in [0.4, 0.5) is 0 Å². The highest BCUT2D eigenvalue weighted by Crippen LogP contribution is 2.22. The minimum atomic E-state index is -0.246. The Bertz CT molecular complexity index is 999. The molecule has 6 nitrogen and oxygen atoms in total. The zero-order chi connectivity index (χ0) is 20.2. The maximum atomic E-state index is 12.8. The van der Waals surface area contributed by atoms with E-state index < -0.39 is 0 Å². The van der Waals surface area contributed by atoms with Gasteiger partial charge in [0.05, 0.1) is 6.04 Å². The van der Waals surface area contributed by atoms with Gasteiger partial charge in [-0.25, -0.2) is 0 Å². The summed E-state index contributed by atoms with van der Waals surface area (Å²) >= 11 is 0.